The Hall–Kier alpha value is -1.13. The molecule has 1 rings (SSSR count). The third-order valence-electron chi connectivity index (χ3n) is 2.19. The van der Waals surface area contributed by atoms with E-state index < -0.39 is 0 Å². The first kappa shape index (κ1) is 12.9. The van der Waals surface area contributed by atoms with Gasteiger partial charge in [0.25, 0.3) is 0 Å². The van der Waals surface area contributed by atoms with Gasteiger partial charge in [0, 0.05) is 6.54 Å². The number of nitrogens with zero attached hydrogens (tertiary/aromatic N) is 1. The van der Waals surface area contributed by atoms with Gasteiger partial charge in [0.15, 0.2) is 11.6 Å². The number of hydrogen-bond acceptors (Lipinski definition) is 3. The van der Waals surface area contributed by atoms with Gasteiger partial charge in [-0.25, -0.2) is 4.39 Å². The number of ether oxygens (including phenoxy) is 1. The molecule has 0 atom stereocenters. The van der Waals surface area contributed by atoms with Crippen molar-refractivity contribution in [1.82, 2.24) is 4.90 Å². The van der Waals surface area contributed by atoms with Crippen molar-refractivity contribution in [2.24, 2.45) is 0 Å². The van der Waals surface area contributed by atoms with E-state index in [-0.39, 0.29) is 18.2 Å². The summed E-state index contributed by atoms with van der Waals surface area (Å²) in [5.41, 5.74) is 0.656. The number of hydrogen-bond donors (Lipinski definition) is 1. The van der Waals surface area contributed by atoms with Crippen LogP contribution in [0.4, 0.5) is 4.39 Å². The van der Waals surface area contributed by atoms with E-state index in [1.807, 2.05) is 19.0 Å². The first-order valence-corrected chi connectivity index (χ1v) is 5.30. The van der Waals surface area contributed by atoms with Gasteiger partial charge in [-0.2, -0.15) is 0 Å². The molecule has 90 valence electrons. The van der Waals surface area contributed by atoms with E-state index in [4.69, 9.17) is 9.84 Å². The summed E-state index contributed by atoms with van der Waals surface area (Å²) in [6.07, 6.45) is 0.843. The first-order chi connectivity index (χ1) is 7.63. The topological polar surface area (TPSA) is 32.7 Å². The fourth-order valence-corrected chi connectivity index (χ4v) is 1.32. The Morgan fingerprint density at radius 1 is 1.38 bits per heavy atom. The van der Waals surface area contributed by atoms with E-state index in [1.54, 1.807) is 6.07 Å². The largest absolute Gasteiger partial charge is 0.490 e. The molecule has 1 aromatic carbocycles. The zero-order chi connectivity index (χ0) is 12.0. The van der Waals surface area contributed by atoms with Gasteiger partial charge in [0.05, 0.1) is 13.2 Å². The molecule has 0 fully saturated rings. The minimum absolute atomic E-state index is 0.103. The second-order valence-corrected chi connectivity index (χ2v) is 3.93. The Labute approximate surface area is 95.5 Å². The lowest BCUT2D eigenvalue weighted by atomic mass is 10.2. The van der Waals surface area contributed by atoms with Gasteiger partial charge in [-0.3, -0.25) is 0 Å². The Bertz CT molecular complexity index is 329. The van der Waals surface area contributed by atoms with Crippen LogP contribution in [0.25, 0.3) is 0 Å². The normalized spacial score (nSPS) is 10.8. The van der Waals surface area contributed by atoms with Crippen molar-refractivity contribution in [3.8, 4) is 5.75 Å². The predicted octanol–water partition coefficient (Wildman–Crippen LogP) is 1.65. The standard InChI is InChI=1S/C12H18FNO2/c1-14(2)6-3-7-16-12-8-10(9-15)4-5-11(12)13/h4-5,8,15H,3,6-7,9H2,1-2H3. The Morgan fingerprint density at radius 2 is 2.12 bits per heavy atom. The van der Waals surface area contributed by atoms with Crippen LogP contribution in [0.5, 0.6) is 5.75 Å². The molecule has 0 bridgehead atoms. The lowest BCUT2D eigenvalue weighted by Gasteiger charge is -2.11. The molecule has 0 aromatic heterocycles. The summed E-state index contributed by atoms with van der Waals surface area (Å²) in [6.45, 7) is 1.28. The molecule has 0 saturated carbocycles. The summed E-state index contributed by atoms with van der Waals surface area (Å²) >= 11 is 0. The van der Waals surface area contributed by atoms with Crippen LogP contribution in [-0.4, -0.2) is 37.3 Å². The van der Waals surface area contributed by atoms with Crippen molar-refractivity contribution in [2.45, 2.75) is 13.0 Å². The van der Waals surface area contributed by atoms with Gasteiger partial charge in [-0.1, -0.05) is 6.07 Å². The zero-order valence-electron chi connectivity index (χ0n) is 9.74. The fraction of sp³-hybridized carbons (Fsp3) is 0.500. The Kier molecular flexibility index (Phi) is 5.22. The van der Waals surface area contributed by atoms with Gasteiger partial charge in [0.1, 0.15) is 0 Å². The summed E-state index contributed by atoms with van der Waals surface area (Å²) in [7, 11) is 3.96. The molecule has 0 amide bonds. The zero-order valence-corrected chi connectivity index (χ0v) is 9.74. The van der Waals surface area contributed by atoms with Gasteiger partial charge in [-0.15, -0.1) is 0 Å². The second-order valence-electron chi connectivity index (χ2n) is 3.93. The SMILES string of the molecule is CN(C)CCCOc1cc(CO)ccc1F. The number of aliphatic hydroxyl groups is 1. The molecule has 0 saturated heterocycles. The average molecular weight is 227 g/mol. The number of rotatable bonds is 6. The molecule has 4 heteroatoms. The van der Waals surface area contributed by atoms with Crippen LogP contribution < -0.4 is 4.74 Å². The molecule has 16 heavy (non-hydrogen) atoms. The van der Waals surface area contributed by atoms with Crippen molar-refractivity contribution in [3.63, 3.8) is 0 Å². The van der Waals surface area contributed by atoms with Crippen LogP contribution in [0.3, 0.4) is 0 Å². The summed E-state index contributed by atoms with van der Waals surface area (Å²) in [5.74, 6) is -0.174. The van der Waals surface area contributed by atoms with Crippen molar-refractivity contribution in [3.05, 3.63) is 29.6 Å². The quantitative estimate of drug-likeness (QED) is 0.750. The minimum atomic E-state index is -0.387. The summed E-state index contributed by atoms with van der Waals surface area (Å²) in [4.78, 5) is 2.05. The molecular weight excluding hydrogens is 209 g/mol. The smallest absolute Gasteiger partial charge is 0.165 e. The molecule has 1 aromatic rings. The average Bonchev–Trinajstić information content (AvgIpc) is 2.26. The predicted molar refractivity (Wildman–Crippen MR) is 61.0 cm³/mol. The molecular formula is C12H18FNO2. The molecule has 0 aliphatic heterocycles. The fourth-order valence-electron chi connectivity index (χ4n) is 1.32. The van der Waals surface area contributed by atoms with E-state index >= 15 is 0 Å². The Balaban J connectivity index is 2.46. The van der Waals surface area contributed by atoms with E-state index in [0.717, 1.165) is 13.0 Å². The lowest BCUT2D eigenvalue weighted by Crippen LogP contribution is -2.15. The van der Waals surface area contributed by atoms with Crippen molar-refractivity contribution in [1.29, 1.82) is 0 Å². The highest BCUT2D eigenvalue weighted by Crippen LogP contribution is 2.18. The summed E-state index contributed by atoms with van der Waals surface area (Å²) in [5, 5.41) is 8.91. The minimum Gasteiger partial charge on any atom is -0.490 e. The maximum Gasteiger partial charge on any atom is 0.165 e. The van der Waals surface area contributed by atoms with E-state index in [1.165, 1.54) is 12.1 Å². The molecule has 0 aliphatic rings. The van der Waals surface area contributed by atoms with Crippen molar-refractivity contribution in [2.75, 3.05) is 27.2 Å². The van der Waals surface area contributed by atoms with Crippen LogP contribution in [0.1, 0.15) is 12.0 Å². The van der Waals surface area contributed by atoms with Gasteiger partial charge < -0.3 is 14.7 Å². The number of halogens is 1. The molecule has 3 nitrogen and oxygen atoms in total. The number of benzene rings is 1. The summed E-state index contributed by atoms with van der Waals surface area (Å²) < 4.78 is 18.6. The Morgan fingerprint density at radius 3 is 2.75 bits per heavy atom. The van der Waals surface area contributed by atoms with Crippen LogP contribution in [0.15, 0.2) is 18.2 Å². The molecule has 1 N–H and O–H groups in total. The highest BCUT2D eigenvalue weighted by molar-refractivity contribution is 5.29. The third kappa shape index (κ3) is 4.16. The van der Waals surface area contributed by atoms with E-state index in [2.05, 4.69) is 0 Å². The van der Waals surface area contributed by atoms with Crippen LogP contribution >= 0.6 is 0 Å². The maximum atomic E-state index is 13.3. The molecule has 0 spiro atoms. The maximum absolute atomic E-state index is 13.3. The molecule has 0 unspecified atom stereocenters. The first-order valence-electron chi connectivity index (χ1n) is 5.30. The van der Waals surface area contributed by atoms with Crippen molar-refractivity contribution < 1.29 is 14.2 Å². The highest BCUT2D eigenvalue weighted by atomic mass is 19.1. The highest BCUT2D eigenvalue weighted by Gasteiger charge is 2.04. The van der Waals surface area contributed by atoms with Crippen LogP contribution in [-0.2, 0) is 6.61 Å². The lowest BCUT2D eigenvalue weighted by molar-refractivity contribution is 0.265. The number of aliphatic hydroxyl groups excluding tert-OH is 1. The molecule has 0 aliphatic carbocycles. The van der Waals surface area contributed by atoms with Crippen LogP contribution in [0.2, 0.25) is 0 Å². The monoisotopic (exact) mass is 227 g/mol. The molecule has 0 radical (unpaired) electrons. The van der Waals surface area contributed by atoms with Gasteiger partial charge >= 0.3 is 0 Å². The summed E-state index contributed by atoms with van der Waals surface area (Å²) in [6, 6.07) is 4.39. The van der Waals surface area contributed by atoms with E-state index in [0.29, 0.717) is 12.2 Å². The van der Waals surface area contributed by atoms with Crippen LogP contribution in [0, 0.1) is 5.82 Å². The van der Waals surface area contributed by atoms with Crippen molar-refractivity contribution >= 4 is 0 Å². The third-order valence-corrected chi connectivity index (χ3v) is 2.19. The second kappa shape index (κ2) is 6.45. The molecule has 0 heterocycles. The van der Waals surface area contributed by atoms with Gasteiger partial charge in [0.2, 0.25) is 0 Å². The van der Waals surface area contributed by atoms with Gasteiger partial charge in [-0.05, 0) is 38.2 Å². The van der Waals surface area contributed by atoms with E-state index in [9.17, 15) is 4.39 Å².